The summed E-state index contributed by atoms with van der Waals surface area (Å²) in [5, 5.41) is 9.34. The fourth-order valence-corrected chi connectivity index (χ4v) is 2.63. The molecule has 2 aromatic carbocycles. The van der Waals surface area contributed by atoms with E-state index in [-0.39, 0.29) is 12.5 Å². The van der Waals surface area contributed by atoms with Crippen molar-refractivity contribution in [1.29, 1.82) is 0 Å². The number of ether oxygens (including phenoxy) is 1. The normalized spacial score (nSPS) is 16.1. The average Bonchev–Trinajstić information content (AvgIpc) is 2.52. The number of aliphatic hydroxyl groups is 1. The van der Waals surface area contributed by atoms with Crippen molar-refractivity contribution < 1.29 is 14.6 Å². The molecule has 0 radical (unpaired) electrons. The maximum Gasteiger partial charge on any atom is 0.271 e. The zero-order valence-electron chi connectivity index (χ0n) is 12.7. The largest absolute Gasteiger partial charge is 0.476 e. The van der Waals surface area contributed by atoms with Crippen LogP contribution in [0.2, 0.25) is 0 Å². The number of benzene rings is 2. The number of nitrogens with zero attached hydrogens (tertiary/aromatic N) is 1. The number of carbonyl (C=O) groups is 1. The van der Waals surface area contributed by atoms with Crippen LogP contribution in [-0.4, -0.2) is 16.6 Å². The molecule has 0 spiro atoms. The Labute approximate surface area is 130 Å². The molecule has 0 unspecified atom stereocenters. The lowest BCUT2D eigenvalue weighted by Gasteiger charge is -2.39. The lowest BCUT2D eigenvalue weighted by atomic mass is 10.0. The Balaban J connectivity index is 2.05. The first-order chi connectivity index (χ1) is 10.5. The van der Waals surface area contributed by atoms with Crippen molar-refractivity contribution in [2.24, 2.45) is 0 Å². The molecule has 0 aliphatic carbocycles. The summed E-state index contributed by atoms with van der Waals surface area (Å²) < 4.78 is 5.83. The summed E-state index contributed by atoms with van der Waals surface area (Å²) in [7, 11) is 0. The molecule has 0 atom stereocenters. The first-order valence-corrected chi connectivity index (χ1v) is 7.30. The summed E-state index contributed by atoms with van der Waals surface area (Å²) in [6, 6.07) is 15.3. The van der Waals surface area contributed by atoms with Gasteiger partial charge in [-0.15, -0.1) is 0 Å². The van der Waals surface area contributed by atoms with Gasteiger partial charge in [0.15, 0.2) is 5.60 Å². The van der Waals surface area contributed by atoms with E-state index < -0.39 is 5.60 Å². The second-order valence-electron chi connectivity index (χ2n) is 5.95. The van der Waals surface area contributed by atoms with E-state index in [2.05, 4.69) is 0 Å². The van der Waals surface area contributed by atoms with Crippen LogP contribution in [0.4, 0.5) is 5.69 Å². The van der Waals surface area contributed by atoms with Gasteiger partial charge in [0.25, 0.3) is 5.91 Å². The Morgan fingerprint density at radius 1 is 1.09 bits per heavy atom. The Morgan fingerprint density at radius 2 is 1.82 bits per heavy atom. The molecule has 114 valence electrons. The number of rotatable bonds is 3. The average molecular weight is 297 g/mol. The second-order valence-corrected chi connectivity index (χ2v) is 5.95. The highest BCUT2D eigenvalue weighted by Crippen LogP contribution is 2.39. The van der Waals surface area contributed by atoms with Crippen molar-refractivity contribution in [2.45, 2.75) is 32.6 Å². The van der Waals surface area contributed by atoms with E-state index in [4.69, 9.17) is 4.74 Å². The maximum absolute atomic E-state index is 12.8. The van der Waals surface area contributed by atoms with Gasteiger partial charge in [-0.3, -0.25) is 4.79 Å². The molecule has 1 heterocycles. The van der Waals surface area contributed by atoms with Crippen LogP contribution >= 0.6 is 0 Å². The topological polar surface area (TPSA) is 49.8 Å². The van der Waals surface area contributed by atoms with Crippen LogP contribution in [-0.2, 0) is 17.9 Å². The van der Waals surface area contributed by atoms with Crippen molar-refractivity contribution in [1.82, 2.24) is 0 Å². The standard InChI is InChI=1S/C18H19NO3/c1-18(2)17(21)19(11-13-6-4-3-5-7-13)15-10-14(12-20)8-9-16(15)22-18/h3-10,20H,11-12H2,1-2H3. The second kappa shape index (κ2) is 5.46. The van der Waals surface area contributed by atoms with E-state index in [1.54, 1.807) is 18.7 Å². The van der Waals surface area contributed by atoms with Crippen LogP contribution in [0.5, 0.6) is 5.75 Å². The SMILES string of the molecule is CC1(C)Oc2ccc(CO)cc2N(Cc2ccccc2)C1=O. The molecular weight excluding hydrogens is 278 g/mol. The van der Waals surface area contributed by atoms with Gasteiger partial charge < -0.3 is 14.7 Å². The van der Waals surface area contributed by atoms with Crippen molar-refractivity contribution in [3.8, 4) is 5.75 Å². The highest BCUT2D eigenvalue weighted by Gasteiger charge is 2.40. The minimum atomic E-state index is -0.900. The molecule has 0 saturated heterocycles. The number of amides is 1. The fraction of sp³-hybridized carbons (Fsp3) is 0.278. The number of fused-ring (bicyclic) bond motifs is 1. The van der Waals surface area contributed by atoms with Gasteiger partial charge in [0.2, 0.25) is 0 Å². The summed E-state index contributed by atoms with van der Waals surface area (Å²) in [6.45, 7) is 3.96. The number of aliphatic hydroxyl groups excluding tert-OH is 1. The summed E-state index contributed by atoms with van der Waals surface area (Å²) in [4.78, 5) is 14.5. The van der Waals surface area contributed by atoms with Crippen molar-refractivity contribution in [3.63, 3.8) is 0 Å². The quantitative estimate of drug-likeness (QED) is 0.947. The van der Waals surface area contributed by atoms with Crippen LogP contribution < -0.4 is 9.64 Å². The summed E-state index contributed by atoms with van der Waals surface area (Å²) in [6.07, 6.45) is 0. The molecule has 1 aliphatic rings. The van der Waals surface area contributed by atoms with E-state index in [1.165, 1.54) is 0 Å². The van der Waals surface area contributed by atoms with Gasteiger partial charge in [-0.25, -0.2) is 0 Å². The van der Waals surface area contributed by atoms with Gasteiger partial charge in [0, 0.05) is 0 Å². The van der Waals surface area contributed by atoms with E-state index in [0.29, 0.717) is 18.0 Å². The van der Waals surface area contributed by atoms with Crippen LogP contribution in [0, 0.1) is 0 Å². The minimum absolute atomic E-state index is 0.0654. The van der Waals surface area contributed by atoms with E-state index >= 15 is 0 Å². The molecule has 22 heavy (non-hydrogen) atoms. The Kier molecular flexibility index (Phi) is 3.62. The lowest BCUT2D eigenvalue weighted by Crippen LogP contribution is -2.52. The molecule has 0 aromatic heterocycles. The van der Waals surface area contributed by atoms with E-state index in [9.17, 15) is 9.90 Å². The van der Waals surface area contributed by atoms with Gasteiger partial charge in [-0.2, -0.15) is 0 Å². The van der Waals surface area contributed by atoms with Gasteiger partial charge in [0.05, 0.1) is 18.8 Å². The molecule has 4 nitrogen and oxygen atoms in total. The van der Waals surface area contributed by atoms with Gasteiger partial charge in [0.1, 0.15) is 5.75 Å². The third kappa shape index (κ3) is 2.57. The van der Waals surface area contributed by atoms with Gasteiger partial charge in [-0.1, -0.05) is 36.4 Å². The van der Waals surface area contributed by atoms with Crippen LogP contribution in [0.1, 0.15) is 25.0 Å². The maximum atomic E-state index is 12.8. The molecule has 2 aromatic rings. The number of anilines is 1. The van der Waals surface area contributed by atoms with Gasteiger partial charge >= 0.3 is 0 Å². The van der Waals surface area contributed by atoms with Crippen LogP contribution in [0.3, 0.4) is 0 Å². The highest BCUT2D eigenvalue weighted by atomic mass is 16.5. The van der Waals surface area contributed by atoms with Gasteiger partial charge in [-0.05, 0) is 37.1 Å². The molecule has 3 rings (SSSR count). The predicted molar refractivity (Wildman–Crippen MR) is 84.7 cm³/mol. The molecule has 1 N–H and O–H groups in total. The molecule has 0 bridgehead atoms. The monoisotopic (exact) mass is 297 g/mol. The Hall–Kier alpha value is -2.33. The third-order valence-electron chi connectivity index (χ3n) is 3.81. The van der Waals surface area contributed by atoms with Crippen LogP contribution in [0.15, 0.2) is 48.5 Å². The number of hydrogen-bond acceptors (Lipinski definition) is 3. The molecule has 1 amide bonds. The van der Waals surface area contributed by atoms with Crippen molar-refractivity contribution in [3.05, 3.63) is 59.7 Å². The van der Waals surface area contributed by atoms with Crippen LogP contribution in [0.25, 0.3) is 0 Å². The Morgan fingerprint density at radius 3 is 2.50 bits per heavy atom. The fourth-order valence-electron chi connectivity index (χ4n) is 2.63. The zero-order chi connectivity index (χ0) is 15.7. The minimum Gasteiger partial charge on any atom is -0.476 e. The van der Waals surface area contributed by atoms with E-state index in [1.807, 2.05) is 48.5 Å². The highest BCUT2D eigenvalue weighted by molar-refractivity contribution is 6.02. The Bertz CT molecular complexity index is 695. The predicted octanol–water partition coefficient (Wildman–Crippen LogP) is 2.88. The smallest absolute Gasteiger partial charge is 0.271 e. The summed E-state index contributed by atoms with van der Waals surface area (Å²) in [5.74, 6) is 0.580. The summed E-state index contributed by atoms with van der Waals surface area (Å²) >= 11 is 0. The third-order valence-corrected chi connectivity index (χ3v) is 3.81. The first-order valence-electron chi connectivity index (χ1n) is 7.30. The molecule has 1 aliphatic heterocycles. The van der Waals surface area contributed by atoms with Crippen molar-refractivity contribution in [2.75, 3.05) is 4.90 Å². The zero-order valence-corrected chi connectivity index (χ0v) is 12.7. The van der Waals surface area contributed by atoms with Crippen molar-refractivity contribution >= 4 is 11.6 Å². The lowest BCUT2D eigenvalue weighted by molar-refractivity contribution is -0.132. The molecular formula is C18H19NO3. The first kappa shape index (κ1) is 14.6. The van der Waals surface area contributed by atoms with E-state index in [0.717, 1.165) is 11.1 Å². The number of hydrogen-bond donors (Lipinski definition) is 1. The molecule has 0 fully saturated rings. The molecule has 0 saturated carbocycles. The molecule has 4 heteroatoms. The number of carbonyl (C=O) groups excluding carboxylic acids is 1. The summed E-state index contributed by atoms with van der Waals surface area (Å²) in [5.41, 5.74) is 1.62.